The van der Waals surface area contributed by atoms with Crippen molar-refractivity contribution in [3.05, 3.63) is 89.6 Å². The molecular weight excluding hydrogens is 446 g/mol. The first-order valence-electron chi connectivity index (χ1n) is 11.5. The van der Waals surface area contributed by atoms with E-state index < -0.39 is 0 Å². The number of rotatable bonds is 7. The first-order chi connectivity index (χ1) is 17.2. The van der Waals surface area contributed by atoms with Gasteiger partial charge in [-0.3, -0.25) is 9.78 Å². The van der Waals surface area contributed by atoms with Crippen LogP contribution in [0.25, 0.3) is 0 Å². The van der Waals surface area contributed by atoms with Crippen LogP contribution in [0.2, 0.25) is 0 Å². The smallest absolute Gasteiger partial charge is 0.257 e. The van der Waals surface area contributed by atoms with E-state index in [9.17, 15) is 4.79 Å². The molecule has 1 atom stereocenters. The van der Waals surface area contributed by atoms with Gasteiger partial charge in [-0.2, -0.15) is 0 Å². The van der Waals surface area contributed by atoms with Crippen LogP contribution in [-0.2, 0) is 6.61 Å². The highest BCUT2D eigenvalue weighted by Gasteiger charge is 2.28. The van der Waals surface area contributed by atoms with E-state index in [1.165, 1.54) is 0 Å². The van der Waals surface area contributed by atoms with Crippen molar-refractivity contribution in [2.75, 3.05) is 13.1 Å². The van der Waals surface area contributed by atoms with Gasteiger partial charge in [0.15, 0.2) is 0 Å². The van der Waals surface area contributed by atoms with Crippen molar-refractivity contribution in [2.45, 2.75) is 32.3 Å². The van der Waals surface area contributed by atoms with Crippen LogP contribution >= 0.6 is 0 Å². The summed E-state index contributed by atoms with van der Waals surface area (Å²) in [5.41, 5.74) is 2.58. The first-order valence-corrected chi connectivity index (χ1v) is 11.5. The van der Waals surface area contributed by atoms with Gasteiger partial charge >= 0.3 is 0 Å². The Balaban J connectivity index is 1.29. The highest BCUT2D eigenvalue weighted by molar-refractivity contribution is 5.97. The molecule has 1 aliphatic rings. The number of ether oxygens (including phenoxy) is 2. The lowest BCUT2D eigenvalue weighted by molar-refractivity contribution is 0.0700. The molecule has 0 aliphatic carbocycles. The molecule has 9 heteroatoms. The summed E-state index contributed by atoms with van der Waals surface area (Å²) in [5.74, 6) is 1.63. The molecule has 0 saturated carbocycles. The third-order valence-corrected chi connectivity index (χ3v) is 5.95. The molecule has 3 heterocycles. The monoisotopic (exact) mass is 471 g/mol. The number of carbonyl (C=O) groups is 1. The van der Waals surface area contributed by atoms with Gasteiger partial charge in [0.25, 0.3) is 5.91 Å². The van der Waals surface area contributed by atoms with Crippen molar-refractivity contribution in [2.24, 2.45) is 0 Å². The molecule has 1 aliphatic heterocycles. The Kier molecular flexibility index (Phi) is 6.65. The molecule has 0 bridgehead atoms. The standard InChI is InChI=1S/C26H25N5O4/c1-18-23(30-35-29-18)17-33-24-12-6-5-11-21(24)26(32)31-13-7-8-19(16-31)22-14-27-15-25(28-22)34-20-9-3-2-4-10-20/h2-6,9-12,14-15,19H,7-8,13,16-17H2,1H3/t19-/m0/s1. The van der Waals surface area contributed by atoms with Crippen LogP contribution in [0.4, 0.5) is 0 Å². The summed E-state index contributed by atoms with van der Waals surface area (Å²) in [7, 11) is 0. The van der Waals surface area contributed by atoms with E-state index in [4.69, 9.17) is 14.1 Å². The van der Waals surface area contributed by atoms with Gasteiger partial charge < -0.3 is 14.4 Å². The number of carbonyl (C=O) groups excluding carboxylic acids is 1. The van der Waals surface area contributed by atoms with Gasteiger partial charge in [0, 0.05) is 25.2 Å². The summed E-state index contributed by atoms with van der Waals surface area (Å²) in [6.07, 6.45) is 5.14. The Morgan fingerprint density at radius 2 is 1.91 bits per heavy atom. The molecule has 9 nitrogen and oxygen atoms in total. The highest BCUT2D eigenvalue weighted by atomic mass is 16.6. The van der Waals surface area contributed by atoms with Crippen molar-refractivity contribution < 1.29 is 18.9 Å². The molecule has 0 N–H and O–H groups in total. The molecule has 35 heavy (non-hydrogen) atoms. The maximum absolute atomic E-state index is 13.5. The molecule has 2 aromatic carbocycles. The minimum atomic E-state index is -0.0788. The number of nitrogens with zero attached hydrogens (tertiary/aromatic N) is 5. The Hall–Kier alpha value is -4.27. The average Bonchev–Trinajstić information content (AvgIpc) is 3.32. The van der Waals surface area contributed by atoms with E-state index in [2.05, 4.69) is 20.3 Å². The second-order valence-electron chi connectivity index (χ2n) is 8.37. The molecule has 5 rings (SSSR count). The van der Waals surface area contributed by atoms with Crippen LogP contribution < -0.4 is 9.47 Å². The molecule has 178 valence electrons. The van der Waals surface area contributed by atoms with E-state index in [1.54, 1.807) is 31.5 Å². The van der Waals surface area contributed by atoms with E-state index in [1.807, 2.05) is 47.4 Å². The second kappa shape index (κ2) is 10.3. The SMILES string of the molecule is Cc1nonc1COc1ccccc1C(=O)N1CCC[C@H](c2cncc(Oc3ccccc3)n2)C1. The normalized spacial score (nSPS) is 15.6. The molecule has 1 saturated heterocycles. The summed E-state index contributed by atoms with van der Waals surface area (Å²) in [5, 5.41) is 7.61. The first kappa shape index (κ1) is 22.5. The van der Waals surface area contributed by atoms with Gasteiger partial charge in [-0.25, -0.2) is 9.61 Å². The fourth-order valence-corrected chi connectivity index (χ4v) is 4.09. The number of likely N-dealkylation sites (tertiary alicyclic amines) is 1. The number of hydrogen-bond acceptors (Lipinski definition) is 8. The molecule has 1 amide bonds. The second-order valence-corrected chi connectivity index (χ2v) is 8.37. The fourth-order valence-electron chi connectivity index (χ4n) is 4.09. The summed E-state index contributed by atoms with van der Waals surface area (Å²) in [4.78, 5) is 24.3. The number of hydrogen-bond donors (Lipinski definition) is 0. The minimum Gasteiger partial charge on any atom is -0.486 e. The lowest BCUT2D eigenvalue weighted by Gasteiger charge is -2.32. The lowest BCUT2D eigenvalue weighted by Crippen LogP contribution is -2.39. The Morgan fingerprint density at radius 1 is 1.09 bits per heavy atom. The van der Waals surface area contributed by atoms with E-state index in [-0.39, 0.29) is 18.4 Å². The molecule has 0 radical (unpaired) electrons. The molecule has 0 spiro atoms. The summed E-state index contributed by atoms with van der Waals surface area (Å²) < 4.78 is 16.5. The maximum atomic E-state index is 13.5. The third-order valence-electron chi connectivity index (χ3n) is 5.95. The van der Waals surface area contributed by atoms with Crippen LogP contribution in [0.15, 0.2) is 71.6 Å². The summed E-state index contributed by atoms with van der Waals surface area (Å²) in [6, 6.07) is 16.7. The fraction of sp³-hybridized carbons (Fsp3) is 0.269. The van der Waals surface area contributed by atoms with Crippen LogP contribution in [0.5, 0.6) is 17.4 Å². The van der Waals surface area contributed by atoms with Gasteiger partial charge in [0.1, 0.15) is 29.5 Å². The molecule has 1 fully saturated rings. The van der Waals surface area contributed by atoms with Gasteiger partial charge in [-0.05, 0) is 44.0 Å². The topological polar surface area (TPSA) is 103 Å². The average molecular weight is 472 g/mol. The third kappa shape index (κ3) is 5.29. The molecule has 2 aromatic heterocycles. The molecule has 4 aromatic rings. The number of aryl methyl sites for hydroxylation is 1. The van der Waals surface area contributed by atoms with Gasteiger partial charge in [0.2, 0.25) is 5.88 Å². The maximum Gasteiger partial charge on any atom is 0.257 e. The Morgan fingerprint density at radius 3 is 2.74 bits per heavy atom. The number of benzene rings is 2. The predicted octanol–water partition coefficient (Wildman–Crippen LogP) is 4.56. The predicted molar refractivity (Wildman–Crippen MR) is 126 cm³/mol. The van der Waals surface area contributed by atoms with E-state index >= 15 is 0 Å². The minimum absolute atomic E-state index is 0.0662. The highest BCUT2D eigenvalue weighted by Crippen LogP contribution is 2.30. The van der Waals surface area contributed by atoms with Crippen molar-refractivity contribution in [1.82, 2.24) is 25.2 Å². The number of piperidine rings is 1. The molecular formula is C26H25N5O4. The van der Waals surface area contributed by atoms with Crippen molar-refractivity contribution in [3.8, 4) is 17.4 Å². The summed E-state index contributed by atoms with van der Waals surface area (Å²) in [6.45, 7) is 3.18. The largest absolute Gasteiger partial charge is 0.486 e. The van der Waals surface area contributed by atoms with Crippen molar-refractivity contribution in [1.29, 1.82) is 0 Å². The van der Waals surface area contributed by atoms with Crippen LogP contribution in [0.3, 0.4) is 0 Å². The van der Waals surface area contributed by atoms with Crippen molar-refractivity contribution >= 4 is 5.91 Å². The quantitative estimate of drug-likeness (QED) is 0.386. The van der Waals surface area contributed by atoms with Gasteiger partial charge in [-0.15, -0.1) is 0 Å². The van der Waals surface area contributed by atoms with Gasteiger partial charge in [-0.1, -0.05) is 40.6 Å². The summed E-state index contributed by atoms with van der Waals surface area (Å²) >= 11 is 0. The Labute approximate surface area is 202 Å². The van der Waals surface area contributed by atoms with Crippen molar-refractivity contribution in [3.63, 3.8) is 0 Å². The van der Waals surface area contributed by atoms with Gasteiger partial charge in [0.05, 0.1) is 17.5 Å². The van der Waals surface area contributed by atoms with E-state index in [0.29, 0.717) is 47.4 Å². The zero-order chi connectivity index (χ0) is 24.0. The zero-order valence-corrected chi connectivity index (χ0v) is 19.3. The lowest BCUT2D eigenvalue weighted by atomic mass is 9.94. The van der Waals surface area contributed by atoms with Crippen LogP contribution in [-0.4, -0.2) is 44.2 Å². The van der Waals surface area contributed by atoms with Crippen LogP contribution in [0.1, 0.15) is 46.2 Å². The molecule has 0 unspecified atom stereocenters. The zero-order valence-electron chi connectivity index (χ0n) is 19.3. The number of aromatic nitrogens is 4. The Bertz CT molecular complexity index is 1290. The number of amides is 1. The van der Waals surface area contributed by atoms with E-state index in [0.717, 1.165) is 18.5 Å². The number of para-hydroxylation sites is 2. The van der Waals surface area contributed by atoms with Crippen LogP contribution in [0, 0.1) is 6.92 Å².